The van der Waals surface area contributed by atoms with Crippen molar-refractivity contribution in [1.29, 1.82) is 0 Å². The van der Waals surface area contributed by atoms with Crippen LogP contribution in [0.4, 0.5) is 0 Å². The lowest BCUT2D eigenvalue weighted by atomic mass is 10.1. The average molecular weight is 416 g/mol. The van der Waals surface area contributed by atoms with Gasteiger partial charge in [-0.25, -0.2) is 4.79 Å². The number of carbonyl (C=O) groups excluding carboxylic acids is 2. The number of rotatable bonds is 7. The van der Waals surface area contributed by atoms with E-state index in [0.29, 0.717) is 32.9 Å². The molecule has 0 radical (unpaired) electrons. The third-order valence-corrected chi connectivity index (χ3v) is 5.18. The number of thioether (sulfide) groups is 1. The Kier molecular flexibility index (Phi) is 7.43. The molecule has 1 heterocycles. The molecule has 0 fully saturated rings. The van der Waals surface area contributed by atoms with Crippen LogP contribution in [0.15, 0.2) is 28.7 Å². The second-order valence-corrected chi connectivity index (χ2v) is 7.45. The minimum absolute atomic E-state index is 0.120. The van der Waals surface area contributed by atoms with Crippen LogP contribution in [0, 0.1) is 6.92 Å². The Balaban J connectivity index is 1.84. The van der Waals surface area contributed by atoms with Crippen molar-refractivity contribution in [2.45, 2.75) is 25.6 Å². The summed E-state index contributed by atoms with van der Waals surface area (Å²) in [6, 6.07) is 6.58. The molecule has 8 heteroatoms. The van der Waals surface area contributed by atoms with Gasteiger partial charge in [0.05, 0.1) is 24.7 Å². The summed E-state index contributed by atoms with van der Waals surface area (Å²) < 4.78 is 10.2. The van der Waals surface area contributed by atoms with Crippen molar-refractivity contribution in [1.82, 2.24) is 5.32 Å². The van der Waals surface area contributed by atoms with Crippen LogP contribution >= 0.6 is 35.0 Å². The average Bonchev–Trinajstić information content (AvgIpc) is 2.94. The summed E-state index contributed by atoms with van der Waals surface area (Å²) in [4.78, 5) is 23.7. The van der Waals surface area contributed by atoms with Crippen LogP contribution in [0.2, 0.25) is 10.0 Å². The quantitative estimate of drug-likeness (QED) is 0.658. The summed E-state index contributed by atoms with van der Waals surface area (Å²) in [6.07, 6.45) is 0. The van der Waals surface area contributed by atoms with Crippen LogP contribution < -0.4 is 5.32 Å². The van der Waals surface area contributed by atoms with E-state index >= 15 is 0 Å². The van der Waals surface area contributed by atoms with Gasteiger partial charge in [-0.1, -0.05) is 29.3 Å². The van der Waals surface area contributed by atoms with E-state index < -0.39 is 5.97 Å². The van der Waals surface area contributed by atoms with Gasteiger partial charge in [0.25, 0.3) is 0 Å². The first kappa shape index (κ1) is 20.7. The molecule has 0 aliphatic carbocycles. The van der Waals surface area contributed by atoms with E-state index in [2.05, 4.69) is 10.1 Å². The molecule has 26 heavy (non-hydrogen) atoms. The fraction of sp³-hybridized carbons (Fsp3) is 0.333. The van der Waals surface area contributed by atoms with E-state index in [1.54, 1.807) is 31.2 Å². The lowest BCUT2D eigenvalue weighted by Crippen LogP contribution is -2.28. The third kappa shape index (κ3) is 5.43. The van der Waals surface area contributed by atoms with Crippen molar-refractivity contribution in [3.63, 3.8) is 0 Å². The van der Waals surface area contributed by atoms with Gasteiger partial charge in [-0.15, -0.1) is 11.8 Å². The first-order valence-electron chi connectivity index (χ1n) is 7.81. The number of amides is 1. The van der Waals surface area contributed by atoms with Crippen LogP contribution in [0.1, 0.15) is 40.4 Å². The maximum Gasteiger partial charge on any atom is 0.341 e. The number of halogens is 2. The summed E-state index contributed by atoms with van der Waals surface area (Å²) in [7, 11) is 1.32. The highest BCUT2D eigenvalue weighted by Gasteiger charge is 2.16. The molecule has 0 saturated heterocycles. The molecule has 2 aromatic rings. The number of carbonyl (C=O) groups is 2. The predicted molar refractivity (Wildman–Crippen MR) is 104 cm³/mol. The number of methoxy groups -OCH3 is 1. The fourth-order valence-corrected chi connectivity index (χ4v) is 3.67. The number of benzene rings is 1. The molecule has 140 valence electrons. The van der Waals surface area contributed by atoms with Gasteiger partial charge in [0.1, 0.15) is 17.1 Å². The molecule has 0 bridgehead atoms. The topological polar surface area (TPSA) is 68.5 Å². The molecule has 2 rings (SSSR count). The number of furan rings is 1. The Bertz CT molecular complexity index is 806. The number of hydrogen-bond acceptors (Lipinski definition) is 5. The minimum atomic E-state index is -0.436. The molecular weight excluding hydrogens is 397 g/mol. The Hall–Kier alpha value is -1.63. The maximum absolute atomic E-state index is 12.1. The lowest BCUT2D eigenvalue weighted by Gasteiger charge is -2.15. The summed E-state index contributed by atoms with van der Waals surface area (Å²) >= 11 is 13.4. The molecule has 1 aromatic carbocycles. The zero-order valence-electron chi connectivity index (χ0n) is 14.6. The lowest BCUT2D eigenvalue weighted by molar-refractivity contribution is -0.119. The van der Waals surface area contributed by atoms with Crippen LogP contribution in [0.25, 0.3) is 0 Å². The first-order chi connectivity index (χ1) is 12.3. The molecule has 1 amide bonds. The molecule has 0 saturated carbocycles. The molecule has 0 spiro atoms. The first-order valence-corrected chi connectivity index (χ1v) is 9.72. The molecule has 5 nitrogen and oxygen atoms in total. The molecule has 0 aliphatic heterocycles. The number of aryl methyl sites for hydroxylation is 1. The van der Waals surface area contributed by atoms with Gasteiger partial charge >= 0.3 is 5.97 Å². The smallest absolute Gasteiger partial charge is 0.341 e. The second-order valence-electron chi connectivity index (χ2n) is 5.62. The van der Waals surface area contributed by atoms with E-state index in [4.69, 9.17) is 27.6 Å². The number of nitrogens with one attached hydrogen (secondary N) is 1. The van der Waals surface area contributed by atoms with Gasteiger partial charge in [-0.05, 0) is 37.6 Å². The van der Waals surface area contributed by atoms with E-state index in [9.17, 15) is 9.59 Å². The van der Waals surface area contributed by atoms with Crippen molar-refractivity contribution >= 4 is 46.8 Å². The SMILES string of the molecule is COC(=O)c1cc(CSCC(=O)N[C@@H](C)c2ccc(Cl)cc2Cl)oc1C. The summed E-state index contributed by atoms with van der Waals surface area (Å²) in [5.41, 5.74) is 1.21. The van der Waals surface area contributed by atoms with Crippen molar-refractivity contribution in [2.75, 3.05) is 12.9 Å². The van der Waals surface area contributed by atoms with Gasteiger partial charge in [0.2, 0.25) is 5.91 Å². The monoisotopic (exact) mass is 415 g/mol. The van der Waals surface area contributed by atoms with Crippen molar-refractivity contribution in [3.05, 3.63) is 57.0 Å². The van der Waals surface area contributed by atoms with Gasteiger partial charge in [-0.2, -0.15) is 0 Å². The Morgan fingerprint density at radius 2 is 2.04 bits per heavy atom. The van der Waals surface area contributed by atoms with Gasteiger partial charge in [0.15, 0.2) is 0 Å². The highest BCUT2D eigenvalue weighted by atomic mass is 35.5. The molecule has 1 atom stereocenters. The van der Waals surface area contributed by atoms with Crippen LogP contribution in [-0.2, 0) is 15.3 Å². The molecule has 1 aromatic heterocycles. The fourth-order valence-electron chi connectivity index (χ4n) is 2.39. The van der Waals surface area contributed by atoms with E-state index in [-0.39, 0.29) is 17.7 Å². The summed E-state index contributed by atoms with van der Waals surface area (Å²) in [5, 5.41) is 3.96. The summed E-state index contributed by atoms with van der Waals surface area (Å²) in [6.45, 7) is 3.56. The summed E-state index contributed by atoms with van der Waals surface area (Å²) in [5.74, 6) is 1.29. The largest absolute Gasteiger partial charge is 0.465 e. The minimum Gasteiger partial charge on any atom is -0.465 e. The van der Waals surface area contributed by atoms with E-state index in [0.717, 1.165) is 5.56 Å². The van der Waals surface area contributed by atoms with Gasteiger partial charge < -0.3 is 14.5 Å². The Morgan fingerprint density at radius 1 is 1.31 bits per heavy atom. The Labute approximate surface area is 166 Å². The molecule has 0 aliphatic rings. The predicted octanol–water partition coefficient (Wildman–Crippen LogP) is 4.79. The second kappa shape index (κ2) is 9.35. The molecule has 1 N–H and O–H groups in total. The van der Waals surface area contributed by atoms with Gasteiger partial charge in [-0.3, -0.25) is 4.79 Å². The van der Waals surface area contributed by atoms with E-state index in [1.807, 2.05) is 6.92 Å². The molecule has 0 unspecified atom stereocenters. The highest BCUT2D eigenvalue weighted by Crippen LogP contribution is 2.26. The normalized spacial score (nSPS) is 11.9. The van der Waals surface area contributed by atoms with Crippen LogP contribution in [-0.4, -0.2) is 24.7 Å². The van der Waals surface area contributed by atoms with Crippen molar-refractivity contribution in [3.8, 4) is 0 Å². The maximum atomic E-state index is 12.1. The third-order valence-electron chi connectivity index (χ3n) is 3.66. The van der Waals surface area contributed by atoms with Crippen LogP contribution in [0.3, 0.4) is 0 Å². The van der Waals surface area contributed by atoms with Crippen LogP contribution in [0.5, 0.6) is 0 Å². The van der Waals surface area contributed by atoms with Crippen molar-refractivity contribution in [2.24, 2.45) is 0 Å². The zero-order chi connectivity index (χ0) is 19.3. The number of ether oxygens (including phenoxy) is 1. The molecular formula is C18H19Cl2NO4S. The van der Waals surface area contributed by atoms with Gasteiger partial charge in [0, 0.05) is 10.0 Å². The highest BCUT2D eigenvalue weighted by molar-refractivity contribution is 7.99. The Morgan fingerprint density at radius 3 is 2.69 bits per heavy atom. The number of hydrogen-bond donors (Lipinski definition) is 1. The van der Waals surface area contributed by atoms with E-state index in [1.165, 1.54) is 18.9 Å². The van der Waals surface area contributed by atoms with Crippen molar-refractivity contribution < 1.29 is 18.7 Å². The standard InChI is InChI=1S/C18H19Cl2NO4S/c1-10(14-5-4-12(19)6-16(14)20)21-17(22)9-26-8-13-7-15(11(2)25-13)18(23)24-3/h4-7,10H,8-9H2,1-3H3,(H,21,22)/t10-/m0/s1. The number of esters is 1. The zero-order valence-corrected chi connectivity index (χ0v) is 16.9.